The molecule has 1 heterocycles. The Morgan fingerprint density at radius 2 is 2.33 bits per heavy atom. The van der Waals surface area contributed by atoms with Gasteiger partial charge in [-0.15, -0.1) is 5.10 Å². The van der Waals surface area contributed by atoms with Gasteiger partial charge in [-0.3, -0.25) is 4.79 Å². The Hall–Kier alpha value is -1.51. The predicted molar refractivity (Wildman–Crippen MR) is 79.0 cm³/mol. The molecule has 21 heavy (non-hydrogen) atoms. The standard InChI is InChI=1S/C12H12BrClN4O3/c1-21-8(5-11(19)20)6-18-12(15-16-17-18)9-3-2-7(14)4-10(9)13/h2-4,8H,5-6H2,1H3,(H,19,20). The maximum absolute atomic E-state index is 10.8. The Bertz CT molecular complexity index is 649. The van der Waals surface area contributed by atoms with Crippen molar-refractivity contribution in [2.24, 2.45) is 0 Å². The normalized spacial score (nSPS) is 12.3. The van der Waals surface area contributed by atoms with E-state index in [1.165, 1.54) is 11.8 Å². The van der Waals surface area contributed by atoms with Crippen LogP contribution in [0.4, 0.5) is 0 Å². The van der Waals surface area contributed by atoms with E-state index in [0.29, 0.717) is 10.8 Å². The molecule has 0 bridgehead atoms. The third kappa shape index (κ3) is 3.99. The van der Waals surface area contributed by atoms with E-state index >= 15 is 0 Å². The molecule has 9 heteroatoms. The van der Waals surface area contributed by atoms with E-state index < -0.39 is 12.1 Å². The monoisotopic (exact) mass is 374 g/mol. The lowest BCUT2D eigenvalue weighted by Gasteiger charge is -2.14. The maximum Gasteiger partial charge on any atom is 0.306 e. The topological polar surface area (TPSA) is 90.1 Å². The number of benzene rings is 1. The lowest BCUT2D eigenvalue weighted by molar-refractivity contribution is -0.139. The fourth-order valence-corrected chi connectivity index (χ4v) is 2.66. The Balaban J connectivity index is 2.27. The fraction of sp³-hybridized carbons (Fsp3) is 0.333. The molecule has 0 aliphatic carbocycles. The van der Waals surface area contributed by atoms with Crippen molar-refractivity contribution < 1.29 is 14.6 Å². The van der Waals surface area contributed by atoms with Crippen molar-refractivity contribution in [1.29, 1.82) is 0 Å². The van der Waals surface area contributed by atoms with Gasteiger partial charge in [-0.05, 0) is 44.6 Å². The number of halogens is 2. The smallest absolute Gasteiger partial charge is 0.306 e. The maximum atomic E-state index is 10.8. The Morgan fingerprint density at radius 3 is 2.95 bits per heavy atom. The summed E-state index contributed by atoms with van der Waals surface area (Å²) in [5, 5.41) is 20.9. The van der Waals surface area contributed by atoms with Crippen LogP contribution in [-0.4, -0.2) is 44.5 Å². The van der Waals surface area contributed by atoms with Crippen LogP contribution in [0, 0.1) is 0 Å². The summed E-state index contributed by atoms with van der Waals surface area (Å²) in [6, 6.07) is 5.25. The van der Waals surface area contributed by atoms with Crippen molar-refractivity contribution in [2.75, 3.05) is 7.11 Å². The number of hydrogen-bond acceptors (Lipinski definition) is 5. The minimum absolute atomic E-state index is 0.127. The Kier molecular flexibility index (Phi) is 5.27. The van der Waals surface area contributed by atoms with Gasteiger partial charge in [0.1, 0.15) is 0 Å². The van der Waals surface area contributed by atoms with E-state index in [0.717, 1.165) is 10.0 Å². The number of aliphatic carboxylic acids is 1. The summed E-state index contributed by atoms with van der Waals surface area (Å²) in [6.45, 7) is 0.236. The summed E-state index contributed by atoms with van der Waals surface area (Å²) in [6.07, 6.45) is -0.645. The Morgan fingerprint density at radius 1 is 1.57 bits per heavy atom. The zero-order valence-electron chi connectivity index (χ0n) is 11.0. The van der Waals surface area contributed by atoms with Crippen molar-refractivity contribution in [3.8, 4) is 11.4 Å². The zero-order chi connectivity index (χ0) is 15.4. The molecule has 2 rings (SSSR count). The summed E-state index contributed by atoms with van der Waals surface area (Å²) in [7, 11) is 1.45. The van der Waals surface area contributed by atoms with E-state index in [-0.39, 0.29) is 13.0 Å². The van der Waals surface area contributed by atoms with Crippen LogP contribution in [0.3, 0.4) is 0 Å². The predicted octanol–water partition coefficient (Wildman–Crippen LogP) is 2.25. The summed E-state index contributed by atoms with van der Waals surface area (Å²) in [5.74, 6) is -0.435. The number of methoxy groups -OCH3 is 1. The van der Waals surface area contributed by atoms with E-state index in [2.05, 4.69) is 31.5 Å². The number of carboxylic acids is 1. The van der Waals surface area contributed by atoms with Crippen LogP contribution in [0.15, 0.2) is 22.7 Å². The molecule has 0 aliphatic heterocycles. The molecule has 1 N–H and O–H groups in total. The second-order valence-corrected chi connectivity index (χ2v) is 5.56. The summed E-state index contributed by atoms with van der Waals surface area (Å²) >= 11 is 9.32. The molecule has 1 atom stereocenters. The number of carbonyl (C=O) groups is 1. The lowest BCUT2D eigenvalue weighted by Crippen LogP contribution is -2.23. The van der Waals surface area contributed by atoms with Crippen LogP contribution in [0.2, 0.25) is 5.02 Å². The van der Waals surface area contributed by atoms with Crippen molar-refractivity contribution >= 4 is 33.5 Å². The van der Waals surface area contributed by atoms with Crippen LogP contribution in [0.25, 0.3) is 11.4 Å². The van der Waals surface area contributed by atoms with Gasteiger partial charge in [-0.2, -0.15) is 0 Å². The third-order valence-electron chi connectivity index (χ3n) is 2.82. The van der Waals surface area contributed by atoms with Crippen molar-refractivity contribution in [3.05, 3.63) is 27.7 Å². The quantitative estimate of drug-likeness (QED) is 0.833. The SMILES string of the molecule is COC(CC(=O)O)Cn1nnnc1-c1ccc(Cl)cc1Br. The molecule has 112 valence electrons. The van der Waals surface area contributed by atoms with Crippen LogP contribution in [-0.2, 0) is 16.1 Å². The van der Waals surface area contributed by atoms with Gasteiger partial charge in [-0.1, -0.05) is 11.6 Å². The molecular formula is C12H12BrClN4O3. The molecule has 0 spiro atoms. The molecule has 0 saturated carbocycles. The number of ether oxygens (including phenoxy) is 1. The average molecular weight is 376 g/mol. The molecule has 1 unspecified atom stereocenters. The van der Waals surface area contributed by atoms with Gasteiger partial charge in [0.15, 0.2) is 5.82 Å². The second-order valence-electron chi connectivity index (χ2n) is 4.26. The van der Waals surface area contributed by atoms with Crippen LogP contribution in [0.5, 0.6) is 0 Å². The number of nitrogens with zero attached hydrogens (tertiary/aromatic N) is 4. The van der Waals surface area contributed by atoms with Gasteiger partial charge in [0.25, 0.3) is 0 Å². The first-order valence-electron chi connectivity index (χ1n) is 5.97. The van der Waals surface area contributed by atoms with E-state index in [4.69, 9.17) is 21.4 Å². The molecule has 0 amide bonds. The van der Waals surface area contributed by atoms with Gasteiger partial charge in [0.2, 0.25) is 0 Å². The first-order chi connectivity index (χ1) is 10.0. The highest BCUT2D eigenvalue weighted by atomic mass is 79.9. The molecule has 0 aliphatic rings. The molecule has 1 aromatic heterocycles. The largest absolute Gasteiger partial charge is 0.481 e. The molecule has 0 saturated heterocycles. The lowest BCUT2D eigenvalue weighted by atomic mass is 10.2. The molecule has 0 fully saturated rings. The van der Waals surface area contributed by atoms with Crippen LogP contribution < -0.4 is 0 Å². The number of tetrazole rings is 1. The zero-order valence-corrected chi connectivity index (χ0v) is 13.4. The van der Waals surface area contributed by atoms with Gasteiger partial charge in [0.05, 0.1) is 19.1 Å². The van der Waals surface area contributed by atoms with Crippen molar-refractivity contribution in [2.45, 2.75) is 19.1 Å². The minimum atomic E-state index is -0.941. The van der Waals surface area contributed by atoms with Crippen molar-refractivity contribution in [1.82, 2.24) is 20.2 Å². The number of hydrogen-bond donors (Lipinski definition) is 1. The molecular weight excluding hydrogens is 364 g/mol. The highest BCUT2D eigenvalue weighted by molar-refractivity contribution is 9.10. The number of rotatable bonds is 6. The molecule has 2 aromatic rings. The Labute approximate surface area is 134 Å². The van der Waals surface area contributed by atoms with Gasteiger partial charge < -0.3 is 9.84 Å². The number of aromatic nitrogens is 4. The van der Waals surface area contributed by atoms with Gasteiger partial charge in [0, 0.05) is 22.2 Å². The second kappa shape index (κ2) is 6.97. The van der Waals surface area contributed by atoms with Crippen LogP contribution >= 0.6 is 27.5 Å². The average Bonchev–Trinajstić information content (AvgIpc) is 2.85. The van der Waals surface area contributed by atoms with E-state index in [9.17, 15) is 4.79 Å². The number of carboxylic acid groups (broad SMARTS) is 1. The highest BCUT2D eigenvalue weighted by Gasteiger charge is 2.18. The van der Waals surface area contributed by atoms with E-state index in [1.807, 2.05) is 0 Å². The summed E-state index contributed by atoms with van der Waals surface area (Å²) in [4.78, 5) is 10.8. The molecule has 1 aromatic carbocycles. The van der Waals surface area contributed by atoms with Crippen LogP contribution in [0.1, 0.15) is 6.42 Å². The fourth-order valence-electron chi connectivity index (χ4n) is 1.80. The molecule has 0 radical (unpaired) electrons. The van der Waals surface area contributed by atoms with Crippen molar-refractivity contribution in [3.63, 3.8) is 0 Å². The third-order valence-corrected chi connectivity index (χ3v) is 3.71. The molecule has 7 nitrogen and oxygen atoms in total. The van der Waals surface area contributed by atoms with Gasteiger partial charge in [-0.25, -0.2) is 4.68 Å². The van der Waals surface area contributed by atoms with E-state index in [1.54, 1.807) is 18.2 Å². The first kappa shape index (κ1) is 15.9. The van der Waals surface area contributed by atoms with Gasteiger partial charge >= 0.3 is 5.97 Å². The minimum Gasteiger partial charge on any atom is -0.481 e. The first-order valence-corrected chi connectivity index (χ1v) is 7.14. The summed E-state index contributed by atoms with van der Waals surface area (Å²) in [5.41, 5.74) is 0.759. The highest BCUT2D eigenvalue weighted by Crippen LogP contribution is 2.29. The summed E-state index contributed by atoms with van der Waals surface area (Å²) < 4.78 is 7.40.